The van der Waals surface area contributed by atoms with Crippen molar-refractivity contribution in [1.29, 1.82) is 0 Å². The number of aryl methyl sites for hydroxylation is 2. The van der Waals surface area contributed by atoms with Gasteiger partial charge in [-0.2, -0.15) is 10.2 Å². The number of benzene rings is 5. The lowest BCUT2D eigenvalue weighted by molar-refractivity contribution is -0.137. The number of anilines is 2. The molecule has 0 saturated carbocycles. The van der Waals surface area contributed by atoms with Crippen LogP contribution in [-0.4, -0.2) is 78.3 Å². The van der Waals surface area contributed by atoms with Gasteiger partial charge in [0.25, 0.3) is 5.91 Å². The summed E-state index contributed by atoms with van der Waals surface area (Å²) in [6.45, 7) is 3.48. The molecule has 0 radical (unpaired) electrons. The number of thiophene rings is 1. The van der Waals surface area contributed by atoms with Gasteiger partial charge in [0.05, 0.1) is 18.2 Å². The Morgan fingerprint density at radius 1 is 0.724 bits per heavy atom. The van der Waals surface area contributed by atoms with Gasteiger partial charge in [-0.3, -0.25) is 29.6 Å². The summed E-state index contributed by atoms with van der Waals surface area (Å²) in [4.78, 5) is 62.9. The molecule has 3 amide bonds. The Kier molecular flexibility index (Phi) is 16.0. The minimum absolute atomic E-state index is 0.0101. The first-order valence-corrected chi connectivity index (χ1v) is 24.2. The minimum Gasteiger partial charge on any atom is -0.481 e. The molecule has 0 spiro atoms. The molecule has 17 nitrogen and oxygen atoms in total. The highest BCUT2D eigenvalue weighted by molar-refractivity contribution is 7.12. The van der Waals surface area contributed by atoms with E-state index in [1.54, 1.807) is 107 Å². The van der Waals surface area contributed by atoms with Gasteiger partial charge in [-0.05, 0) is 82.9 Å². The Bertz CT molecular complexity index is 3510. The van der Waals surface area contributed by atoms with Gasteiger partial charge < -0.3 is 29.3 Å². The molecule has 76 heavy (non-hydrogen) atoms. The van der Waals surface area contributed by atoms with Gasteiger partial charge in [0, 0.05) is 50.3 Å². The fourth-order valence-corrected chi connectivity index (χ4v) is 8.56. The SMILES string of the molecule is C[C@@H](OC(=O)Nc1c(-c2ccc(-c3cc(F)c(Oc4ccsc4C(=O)O)c(F)c3)cc2)cnn1C)c1ccc(-c2nn(C)c(NC(=O)O[C@H](C)c3ccccc3)c2-c2ccc(C#CC(=O)N(C)CCC(=O)O)cc2)cc1. The molecule has 2 atom stereocenters. The summed E-state index contributed by atoms with van der Waals surface area (Å²) in [5.41, 5.74) is 6.11. The molecule has 0 aliphatic carbocycles. The molecule has 0 fully saturated rings. The van der Waals surface area contributed by atoms with Crippen LogP contribution in [0.4, 0.5) is 30.0 Å². The van der Waals surface area contributed by atoms with Gasteiger partial charge in [0.1, 0.15) is 29.5 Å². The van der Waals surface area contributed by atoms with E-state index in [4.69, 9.17) is 24.4 Å². The molecule has 3 aromatic heterocycles. The van der Waals surface area contributed by atoms with Crippen LogP contribution in [0.15, 0.2) is 133 Å². The van der Waals surface area contributed by atoms with Crippen molar-refractivity contribution < 1.29 is 57.2 Å². The number of carboxylic acids is 2. The fourth-order valence-electron chi connectivity index (χ4n) is 7.90. The molecule has 386 valence electrons. The Morgan fingerprint density at radius 2 is 1.30 bits per heavy atom. The number of aromatic nitrogens is 4. The van der Waals surface area contributed by atoms with Gasteiger partial charge in [-0.15, -0.1) is 11.3 Å². The number of halogens is 2. The van der Waals surface area contributed by atoms with Gasteiger partial charge >= 0.3 is 24.1 Å². The smallest absolute Gasteiger partial charge is 0.413 e. The van der Waals surface area contributed by atoms with E-state index >= 15 is 8.78 Å². The number of nitrogens with zero attached hydrogens (tertiary/aromatic N) is 5. The number of carbonyl (C=O) groups is 5. The molecule has 8 aromatic rings. The van der Waals surface area contributed by atoms with Gasteiger partial charge in [0.15, 0.2) is 28.0 Å². The fraction of sp³-hybridized carbons (Fsp3) is 0.161. The molecule has 0 saturated heterocycles. The Morgan fingerprint density at radius 3 is 1.92 bits per heavy atom. The number of nitrogens with one attached hydrogen (secondary N) is 2. The van der Waals surface area contributed by atoms with E-state index in [1.165, 1.54) is 32.8 Å². The van der Waals surface area contributed by atoms with E-state index in [0.29, 0.717) is 61.8 Å². The maximum Gasteiger partial charge on any atom is 0.413 e. The van der Waals surface area contributed by atoms with Crippen LogP contribution in [-0.2, 0) is 33.2 Å². The zero-order valence-electron chi connectivity index (χ0n) is 41.3. The van der Waals surface area contributed by atoms with E-state index < -0.39 is 59.6 Å². The summed E-state index contributed by atoms with van der Waals surface area (Å²) in [5.74, 6) is 0.204. The van der Waals surface area contributed by atoms with Crippen LogP contribution in [0.25, 0.3) is 44.6 Å². The molecule has 0 unspecified atom stereocenters. The van der Waals surface area contributed by atoms with E-state index in [1.807, 2.05) is 30.3 Å². The Labute approximate surface area is 437 Å². The third kappa shape index (κ3) is 12.2. The molecular weight excluding hydrogens is 1000 g/mol. The number of hydrogen-bond acceptors (Lipinski definition) is 11. The number of amides is 3. The average Bonchev–Trinajstić information content (AvgIpc) is 4.13. The van der Waals surface area contributed by atoms with Gasteiger partial charge in [0.2, 0.25) is 0 Å². The zero-order chi connectivity index (χ0) is 54.2. The van der Waals surface area contributed by atoms with Crippen LogP contribution in [0.3, 0.4) is 0 Å². The van der Waals surface area contributed by atoms with Crippen molar-refractivity contribution in [2.45, 2.75) is 32.5 Å². The number of rotatable bonds is 16. The first kappa shape index (κ1) is 52.7. The highest BCUT2D eigenvalue weighted by Gasteiger charge is 2.25. The summed E-state index contributed by atoms with van der Waals surface area (Å²) >= 11 is 0.865. The van der Waals surface area contributed by atoms with Crippen LogP contribution >= 0.6 is 11.3 Å². The van der Waals surface area contributed by atoms with Crippen molar-refractivity contribution >= 4 is 53.0 Å². The minimum atomic E-state index is -1.28. The Balaban J connectivity index is 0.970. The topological polar surface area (TPSA) is 216 Å². The monoisotopic (exact) mass is 1050 g/mol. The summed E-state index contributed by atoms with van der Waals surface area (Å²) in [6.07, 6.45) is -1.46. The Hall–Kier alpha value is -9.61. The van der Waals surface area contributed by atoms with Crippen molar-refractivity contribution in [3.8, 4) is 68.0 Å². The molecule has 3 heterocycles. The zero-order valence-corrected chi connectivity index (χ0v) is 42.1. The normalized spacial score (nSPS) is 11.6. The highest BCUT2D eigenvalue weighted by Crippen LogP contribution is 2.40. The molecule has 0 aliphatic heterocycles. The summed E-state index contributed by atoms with van der Waals surface area (Å²) in [5, 5.41) is 34.6. The first-order chi connectivity index (χ1) is 36.4. The first-order valence-electron chi connectivity index (χ1n) is 23.3. The van der Waals surface area contributed by atoms with Crippen LogP contribution in [0.5, 0.6) is 11.5 Å². The molecule has 8 rings (SSSR count). The molecule has 0 bridgehead atoms. The predicted octanol–water partition coefficient (Wildman–Crippen LogP) is 11.6. The summed E-state index contributed by atoms with van der Waals surface area (Å²) in [6, 6.07) is 33.6. The van der Waals surface area contributed by atoms with E-state index in [9.17, 15) is 29.1 Å². The highest BCUT2D eigenvalue weighted by atomic mass is 32.1. The van der Waals surface area contributed by atoms with Crippen LogP contribution in [0.1, 0.15) is 58.8 Å². The molecule has 0 aliphatic rings. The number of carbonyl (C=O) groups excluding carboxylic acids is 3. The standard InChI is InChI=1S/C56H47F2N7O10S/c1-32(35-9-7-6-8-10-35)73-56(72)61-53-48(39-14-11-34(12-15-39)13-24-46(66)63(3)27-25-47(67)68)49(62-65(53)5)40-22-16-36(17-23-40)33(2)74-55(71)60-52-42(31-59-64(52)4)38-20-18-37(19-21-38)41-29-43(57)50(44(58)30-41)75-45-26-28-76-51(45)54(69)70/h6-12,14-23,26,28-33H,25,27H2,1-5H3,(H,60,71)(H,61,72)(H,67,68)(H,69,70)/t32-,33-/m1/s1. The third-order valence-corrected chi connectivity index (χ3v) is 12.9. The molecule has 4 N–H and O–H groups in total. The average molecular weight is 1050 g/mol. The number of carboxylic acid groups (broad SMARTS) is 2. The third-order valence-electron chi connectivity index (χ3n) is 12.0. The van der Waals surface area contributed by atoms with Crippen LogP contribution in [0.2, 0.25) is 0 Å². The lowest BCUT2D eigenvalue weighted by Gasteiger charge is -2.16. The lowest BCUT2D eigenvalue weighted by atomic mass is 9.98. The predicted molar refractivity (Wildman–Crippen MR) is 280 cm³/mol. The number of aliphatic carboxylic acids is 1. The lowest BCUT2D eigenvalue weighted by Crippen LogP contribution is -2.27. The second-order valence-corrected chi connectivity index (χ2v) is 18.1. The van der Waals surface area contributed by atoms with Crippen molar-refractivity contribution in [1.82, 2.24) is 24.5 Å². The van der Waals surface area contributed by atoms with Gasteiger partial charge in [-0.1, -0.05) is 96.9 Å². The number of aromatic carboxylic acids is 1. The van der Waals surface area contributed by atoms with Crippen molar-refractivity contribution in [2.75, 3.05) is 24.2 Å². The number of ether oxygens (including phenoxy) is 3. The summed E-state index contributed by atoms with van der Waals surface area (Å²) in [7, 11) is 4.79. The summed E-state index contributed by atoms with van der Waals surface area (Å²) < 4.78 is 50.3. The molecular formula is C56H47F2N7O10S. The number of hydrogen-bond donors (Lipinski definition) is 4. The van der Waals surface area contributed by atoms with E-state index in [0.717, 1.165) is 29.0 Å². The van der Waals surface area contributed by atoms with Gasteiger partial charge in [-0.25, -0.2) is 23.2 Å². The van der Waals surface area contributed by atoms with Crippen molar-refractivity contribution in [3.63, 3.8) is 0 Å². The second kappa shape index (κ2) is 23.1. The van der Waals surface area contributed by atoms with Crippen LogP contribution < -0.4 is 15.4 Å². The van der Waals surface area contributed by atoms with Crippen molar-refractivity contribution in [3.05, 3.63) is 166 Å². The second-order valence-electron chi connectivity index (χ2n) is 17.2. The van der Waals surface area contributed by atoms with E-state index in [-0.39, 0.29) is 29.2 Å². The van der Waals surface area contributed by atoms with E-state index in [2.05, 4.69) is 27.6 Å². The largest absolute Gasteiger partial charge is 0.481 e. The molecule has 5 aromatic carbocycles. The molecule has 20 heteroatoms. The quantitative estimate of drug-likeness (QED) is 0.0665. The van der Waals surface area contributed by atoms with Crippen molar-refractivity contribution in [2.24, 2.45) is 14.1 Å². The van der Waals surface area contributed by atoms with Crippen LogP contribution in [0, 0.1) is 23.5 Å². The maximum atomic E-state index is 15.2. The maximum absolute atomic E-state index is 15.2.